The number of fused-ring (bicyclic) bond motifs is 1. The van der Waals surface area contributed by atoms with Gasteiger partial charge in [-0.2, -0.15) is 0 Å². The minimum atomic E-state index is -0.124. The third-order valence-electron chi connectivity index (χ3n) is 4.07. The fourth-order valence-electron chi connectivity index (χ4n) is 2.70. The molecule has 0 radical (unpaired) electrons. The second-order valence-electron chi connectivity index (χ2n) is 5.62. The highest BCUT2D eigenvalue weighted by Crippen LogP contribution is 2.19. The average Bonchev–Trinajstić information content (AvgIpc) is 3.00. The molecule has 24 heavy (non-hydrogen) atoms. The molecule has 0 fully saturated rings. The van der Waals surface area contributed by atoms with E-state index in [9.17, 15) is 9.59 Å². The van der Waals surface area contributed by atoms with Crippen molar-refractivity contribution in [2.45, 2.75) is 6.54 Å². The first-order valence-corrected chi connectivity index (χ1v) is 7.73. The molecular weight excluding hydrogens is 302 g/mol. The summed E-state index contributed by atoms with van der Waals surface area (Å²) in [5, 5.41) is 6.45. The largest absolute Gasteiger partial charge is 0.355 e. The van der Waals surface area contributed by atoms with E-state index in [1.165, 1.54) is 0 Å². The molecule has 3 rings (SSSR count). The van der Waals surface area contributed by atoms with Gasteiger partial charge in [0.25, 0.3) is 11.8 Å². The maximum Gasteiger partial charge on any atom is 0.252 e. The summed E-state index contributed by atoms with van der Waals surface area (Å²) in [7, 11) is 3.55. The highest BCUT2D eigenvalue weighted by molar-refractivity contribution is 6.06. The van der Waals surface area contributed by atoms with Crippen LogP contribution in [0, 0.1) is 0 Å². The Morgan fingerprint density at radius 3 is 2.46 bits per heavy atom. The molecule has 0 saturated carbocycles. The van der Waals surface area contributed by atoms with E-state index in [0.29, 0.717) is 17.7 Å². The molecule has 0 unspecified atom stereocenters. The van der Waals surface area contributed by atoms with Gasteiger partial charge in [0.1, 0.15) is 0 Å². The minimum Gasteiger partial charge on any atom is -0.355 e. The number of benzene rings is 2. The van der Waals surface area contributed by atoms with E-state index in [0.717, 1.165) is 16.5 Å². The Morgan fingerprint density at radius 2 is 1.75 bits per heavy atom. The van der Waals surface area contributed by atoms with Crippen LogP contribution in [-0.4, -0.2) is 23.4 Å². The fourth-order valence-corrected chi connectivity index (χ4v) is 2.70. The van der Waals surface area contributed by atoms with Gasteiger partial charge >= 0.3 is 0 Å². The molecule has 3 aromatic rings. The zero-order valence-corrected chi connectivity index (χ0v) is 13.7. The molecule has 5 heteroatoms. The van der Waals surface area contributed by atoms with Crippen molar-refractivity contribution in [3.05, 3.63) is 71.4 Å². The monoisotopic (exact) mass is 321 g/mol. The first-order valence-electron chi connectivity index (χ1n) is 7.73. The SMILES string of the molecule is CNC(=O)c1ccc(CNC(=O)c2cccc3c2ccn3C)cc1. The number of carbonyl (C=O) groups excluding carboxylic acids is 2. The first-order chi connectivity index (χ1) is 11.6. The maximum absolute atomic E-state index is 12.5. The Hall–Kier alpha value is -3.08. The van der Waals surface area contributed by atoms with Crippen molar-refractivity contribution < 1.29 is 9.59 Å². The topological polar surface area (TPSA) is 63.1 Å². The molecule has 0 atom stereocenters. The molecule has 1 aromatic heterocycles. The van der Waals surface area contributed by atoms with Crippen LogP contribution in [0.5, 0.6) is 0 Å². The van der Waals surface area contributed by atoms with Gasteiger partial charge in [-0.3, -0.25) is 9.59 Å². The number of aryl methyl sites for hydroxylation is 1. The fraction of sp³-hybridized carbons (Fsp3) is 0.158. The van der Waals surface area contributed by atoms with Crippen LogP contribution in [0.1, 0.15) is 26.3 Å². The Morgan fingerprint density at radius 1 is 1.00 bits per heavy atom. The van der Waals surface area contributed by atoms with E-state index in [4.69, 9.17) is 0 Å². The van der Waals surface area contributed by atoms with Gasteiger partial charge in [0, 0.05) is 48.9 Å². The number of aromatic nitrogens is 1. The van der Waals surface area contributed by atoms with Gasteiger partial charge in [0.15, 0.2) is 0 Å². The van der Waals surface area contributed by atoms with E-state index in [-0.39, 0.29) is 11.8 Å². The molecule has 0 aliphatic carbocycles. The molecule has 0 bridgehead atoms. The number of amides is 2. The van der Waals surface area contributed by atoms with Crippen LogP contribution in [-0.2, 0) is 13.6 Å². The molecule has 0 spiro atoms. The van der Waals surface area contributed by atoms with E-state index in [1.807, 2.05) is 54.2 Å². The van der Waals surface area contributed by atoms with E-state index < -0.39 is 0 Å². The molecule has 1 heterocycles. The summed E-state index contributed by atoms with van der Waals surface area (Å²) in [6.07, 6.45) is 1.94. The lowest BCUT2D eigenvalue weighted by Gasteiger charge is -2.08. The Kier molecular flexibility index (Phi) is 4.33. The quantitative estimate of drug-likeness (QED) is 0.775. The average molecular weight is 321 g/mol. The molecule has 0 saturated heterocycles. The van der Waals surface area contributed by atoms with Crippen molar-refractivity contribution in [1.82, 2.24) is 15.2 Å². The van der Waals surface area contributed by atoms with Gasteiger partial charge in [-0.25, -0.2) is 0 Å². The Labute approximate surface area is 140 Å². The van der Waals surface area contributed by atoms with Gasteiger partial charge in [0.2, 0.25) is 0 Å². The van der Waals surface area contributed by atoms with Gasteiger partial charge < -0.3 is 15.2 Å². The summed E-state index contributed by atoms with van der Waals surface area (Å²) in [6.45, 7) is 0.413. The Balaban J connectivity index is 1.72. The van der Waals surface area contributed by atoms with Crippen molar-refractivity contribution >= 4 is 22.7 Å². The van der Waals surface area contributed by atoms with Crippen LogP contribution in [0.4, 0.5) is 0 Å². The van der Waals surface area contributed by atoms with Crippen molar-refractivity contribution in [3.63, 3.8) is 0 Å². The summed E-state index contributed by atoms with van der Waals surface area (Å²) in [4.78, 5) is 24.0. The molecular formula is C19H19N3O2. The van der Waals surface area contributed by atoms with Gasteiger partial charge in [-0.1, -0.05) is 18.2 Å². The van der Waals surface area contributed by atoms with Crippen molar-refractivity contribution in [1.29, 1.82) is 0 Å². The highest BCUT2D eigenvalue weighted by Gasteiger charge is 2.11. The van der Waals surface area contributed by atoms with E-state index in [2.05, 4.69) is 10.6 Å². The standard InChI is InChI=1S/C19H19N3O2/c1-20-18(23)14-8-6-13(7-9-14)12-21-19(24)16-4-3-5-17-15(16)10-11-22(17)2/h3-11H,12H2,1-2H3,(H,20,23)(H,21,24). The number of hydrogen-bond donors (Lipinski definition) is 2. The molecule has 0 aliphatic rings. The summed E-state index contributed by atoms with van der Waals surface area (Å²) >= 11 is 0. The maximum atomic E-state index is 12.5. The highest BCUT2D eigenvalue weighted by atomic mass is 16.2. The predicted octanol–water partition coefficient (Wildman–Crippen LogP) is 2.47. The van der Waals surface area contributed by atoms with Crippen molar-refractivity contribution in [2.75, 3.05) is 7.05 Å². The normalized spacial score (nSPS) is 10.6. The third kappa shape index (κ3) is 3.01. The third-order valence-corrected chi connectivity index (χ3v) is 4.07. The lowest BCUT2D eigenvalue weighted by Crippen LogP contribution is -2.23. The zero-order valence-electron chi connectivity index (χ0n) is 13.7. The van der Waals surface area contributed by atoms with Crippen LogP contribution < -0.4 is 10.6 Å². The van der Waals surface area contributed by atoms with E-state index >= 15 is 0 Å². The summed E-state index contributed by atoms with van der Waals surface area (Å²) in [5.41, 5.74) is 3.23. The number of nitrogens with zero attached hydrogens (tertiary/aromatic N) is 1. The van der Waals surface area contributed by atoms with Crippen LogP contribution in [0.3, 0.4) is 0 Å². The molecule has 122 valence electrons. The first kappa shape index (κ1) is 15.8. The number of nitrogens with one attached hydrogen (secondary N) is 2. The summed E-state index contributed by atoms with van der Waals surface area (Å²) < 4.78 is 1.99. The number of hydrogen-bond acceptors (Lipinski definition) is 2. The molecule has 2 N–H and O–H groups in total. The predicted molar refractivity (Wildman–Crippen MR) is 93.9 cm³/mol. The van der Waals surface area contributed by atoms with Crippen molar-refractivity contribution in [3.8, 4) is 0 Å². The molecule has 2 aromatic carbocycles. The van der Waals surface area contributed by atoms with Gasteiger partial charge in [0.05, 0.1) is 0 Å². The van der Waals surface area contributed by atoms with Gasteiger partial charge in [-0.15, -0.1) is 0 Å². The van der Waals surface area contributed by atoms with Crippen LogP contribution >= 0.6 is 0 Å². The minimum absolute atomic E-state index is 0.109. The van der Waals surface area contributed by atoms with Crippen LogP contribution in [0.25, 0.3) is 10.9 Å². The molecule has 0 aliphatic heterocycles. The molecule has 5 nitrogen and oxygen atoms in total. The smallest absolute Gasteiger partial charge is 0.252 e. The number of carbonyl (C=O) groups is 2. The lowest BCUT2D eigenvalue weighted by atomic mass is 10.1. The zero-order chi connectivity index (χ0) is 17.1. The van der Waals surface area contributed by atoms with Crippen LogP contribution in [0.2, 0.25) is 0 Å². The summed E-state index contributed by atoms with van der Waals surface area (Å²) in [6, 6.07) is 14.8. The van der Waals surface area contributed by atoms with Gasteiger partial charge in [-0.05, 0) is 35.9 Å². The second kappa shape index (κ2) is 6.58. The molecule has 2 amide bonds. The summed E-state index contributed by atoms with van der Waals surface area (Å²) in [5.74, 6) is -0.233. The lowest BCUT2D eigenvalue weighted by molar-refractivity contribution is 0.0947. The van der Waals surface area contributed by atoms with E-state index in [1.54, 1.807) is 19.2 Å². The second-order valence-corrected chi connectivity index (χ2v) is 5.62. The van der Waals surface area contributed by atoms with Crippen LogP contribution in [0.15, 0.2) is 54.7 Å². The Bertz CT molecular complexity index is 895. The number of rotatable bonds is 4. The van der Waals surface area contributed by atoms with Crippen molar-refractivity contribution in [2.24, 2.45) is 7.05 Å².